The molecule has 0 atom stereocenters. The van der Waals surface area contributed by atoms with Crippen LogP contribution in [0.4, 0.5) is 0 Å². The molecule has 0 saturated heterocycles. The van der Waals surface area contributed by atoms with Gasteiger partial charge in [0.05, 0.1) is 0 Å². The molecule has 0 radical (unpaired) electrons. The van der Waals surface area contributed by atoms with Gasteiger partial charge in [0.25, 0.3) is 5.56 Å². The maximum Gasteiger partial charge on any atom is 0.273 e. The highest BCUT2D eigenvalue weighted by Gasteiger charge is 2.13. The first-order valence-electron chi connectivity index (χ1n) is 4.35. The van der Waals surface area contributed by atoms with E-state index in [0.29, 0.717) is 21.3 Å². The summed E-state index contributed by atoms with van der Waals surface area (Å²) in [5.74, 6) is 0. The van der Waals surface area contributed by atoms with E-state index in [1.54, 1.807) is 0 Å². The first-order chi connectivity index (χ1) is 7.71. The average molecular weight is 252 g/mol. The Kier molecular flexibility index (Phi) is 2.94. The van der Waals surface area contributed by atoms with Gasteiger partial charge in [0.15, 0.2) is 5.65 Å². The zero-order valence-electron chi connectivity index (χ0n) is 8.64. The fourth-order valence-electron chi connectivity index (χ4n) is 1.35. The van der Waals surface area contributed by atoms with Crippen molar-refractivity contribution in [3.05, 3.63) is 22.0 Å². The summed E-state index contributed by atoms with van der Waals surface area (Å²) in [5.41, 5.74) is 0.607. The topological polar surface area (TPSA) is 73.9 Å². The Hall–Kier alpha value is -1.39. The summed E-state index contributed by atoms with van der Waals surface area (Å²) in [4.78, 5) is 16.0. The molecular formula is C9H8N4OS2. The highest BCUT2D eigenvalue weighted by molar-refractivity contribution is 7.98. The minimum atomic E-state index is -0.203. The lowest BCUT2D eigenvalue weighted by Gasteiger charge is -1.95. The van der Waals surface area contributed by atoms with E-state index in [9.17, 15) is 4.79 Å². The van der Waals surface area contributed by atoms with Crippen LogP contribution in [0, 0.1) is 11.3 Å². The lowest BCUT2D eigenvalue weighted by atomic mass is 10.4. The van der Waals surface area contributed by atoms with Crippen molar-refractivity contribution < 1.29 is 0 Å². The average Bonchev–Trinajstić information content (AvgIpc) is 2.66. The van der Waals surface area contributed by atoms with Crippen LogP contribution >= 0.6 is 23.5 Å². The molecule has 2 rings (SSSR count). The van der Waals surface area contributed by atoms with E-state index in [1.165, 1.54) is 34.1 Å². The van der Waals surface area contributed by atoms with E-state index in [-0.39, 0.29) is 5.56 Å². The first-order valence-corrected chi connectivity index (χ1v) is 6.80. The van der Waals surface area contributed by atoms with Crippen LogP contribution in [0.3, 0.4) is 0 Å². The number of aromatic nitrogens is 3. The number of rotatable bonds is 2. The summed E-state index contributed by atoms with van der Waals surface area (Å²) in [5, 5.41) is 13.2. The molecule has 16 heavy (non-hydrogen) atoms. The molecule has 0 aliphatic carbocycles. The minimum absolute atomic E-state index is 0.203. The Bertz CT molecular complexity index is 637. The number of nitriles is 1. The number of nitrogens with zero attached hydrogens (tertiary/aromatic N) is 3. The Labute approximate surface area is 99.9 Å². The second-order valence-electron chi connectivity index (χ2n) is 2.93. The van der Waals surface area contributed by atoms with Crippen LogP contribution in [0.5, 0.6) is 0 Å². The van der Waals surface area contributed by atoms with E-state index in [2.05, 4.69) is 16.2 Å². The Morgan fingerprint density at radius 3 is 2.81 bits per heavy atom. The first kappa shape index (κ1) is 11.1. The van der Waals surface area contributed by atoms with Gasteiger partial charge >= 0.3 is 0 Å². The maximum atomic E-state index is 11.7. The highest BCUT2D eigenvalue weighted by Crippen LogP contribution is 2.21. The quantitative estimate of drug-likeness (QED) is 0.645. The Morgan fingerprint density at radius 1 is 1.50 bits per heavy atom. The molecule has 0 spiro atoms. The van der Waals surface area contributed by atoms with Gasteiger partial charge in [0.1, 0.15) is 21.7 Å². The van der Waals surface area contributed by atoms with Crippen LogP contribution < -0.4 is 5.56 Å². The van der Waals surface area contributed by atoms with Gasteiger partial charge < -0.3 is 0 Å². The molecule has 2 heterocycles. The summed E-state index contributed by atoms with van der Waals surface area (Å²) < 4.78 is 1.30. The zero-order valence-corrected chi connectivity index (χ0v) is 10.3. The fourth-order valence-corrected chi connectivity index (χ4v) is 2.27. The van der Waals surface area contributed by atoms with Gasteiger partial charge in [-0.05, 0) is 12.5 Å². The van der Waals surface area contributed by atoms with E-state index in [4.69, 9.17) is 5.26 Å². The SMILES string of the molecule is CSc1cc(=O)n2[nH]c(SC)c(C#N)c2n1. The monoisotopic (exact) mass is 252 g/mol. The molecular weight excluding hydrogens is 244 g/mol. The molecule has 1 N–H and O–H groups in total. The third-order valence-corrected chi connectivity index (χ3v) is 3.42. The molecule has 0 aliphatic heterocycles. The third kappa shape index (κ3) is 1.60. The van der Waals surface area contributed by atoms with E-state index >= 15 is 0 Å². The van der Waals surface area contributed by atoms with Crippen molar-refractivity contribution in [1.29, 1.82) is 5.26 Å². The van der Waals surface area contributed by atoms with Crippen molar-refractivity contribution in [3.63, 3.8) is 0 Å². The molecule has 5 nitrogen and oxygen atoms in total. The van der Waals surface area contributed by atoms with Crippen LogP contribution in [-0.4, -0.2) is 27.1 Å². The number of hydrogen-bond donors (Lipinski definition) is 1. The molecule has 0 aliphatic rings. The van der Waals surface area contributed by atoms with Crippen molar-refractivity contribution in [2.24, 2.45) is 0 Å². The molecule has 0 fully saturated rings. The van der Waals surface area contributed by atoms with Crippen LogP contribution in [0.2, 0.25) is 0 Å². The molecule has 0 unspecified atom stereocenters. The number of nitrogens with one attached hydrogen (secondary N) is 1. The zero-order chi connectivity index (χ0) is 11.7. The lowest BCUT2D eigenvalue weighted by molar-refractivity contribution is 0.840. The molecule has 2 aromatic heterocycles. The molecule has 82 valence electrons. The second-order valence-corrected chi connectivity index (χ2v) is 4.57. The van der Waals surface area contributed by atoms with Gasteiger partial charge in [-0.2, -0.15) is 9.78 Å². The largest absolute Gasteiger partial charge is 0.282 e. The van der Waals surface area contributed by atoms with Gasteiger partial charge in [-0.25, -0.2) is 4.98 Å². The Balaban J connectivity index is 2.89. The molecule has 0 aromatic carbocycles. The minimum Gasteiger partial charge on any atom is -0.282 e. The van der Waals surface area contributed by atoms with E-state index in [0.717, 1.165) is 0 Å². The molecule has 0 bridgehead atoms. The maximum absolute atomic E-state index is 11.7. The summed E-state index contributed by atoms with van der Waals surface area (Å²) in [7, 11) is 0. The van der Waals surface area contributed by atoms with Crippen LogP contribution in [0.1, 0.15) is 5.56 Å². The van der Waals surface area contributed by atoms with Crippen LogP contribution in [-0.2, 0) is 0 Å². The molecule has 0 saturated carbocycles. The molecule has 0 amide bonds. The Morgan fingerprint density at radius 2 is 2.25 bits per heavy atom. The van der Waals surface area contributed by atoms with Crippen molar-refractivity contribution in [1.82, 2.24) is 14.6 Å². The number of fused-ring (bicyclic) bond motifs is 1. The normalized spacial score (nSPS) is 10.6. The summed E-state index contributed by atoms with van der Waals surface area (Å²) in [6, 6.07) is 3.51. The third-order valence-electron chi connectivity index (χ3n) is 2.08. The highest BCUT2D eigenvalue weighted by atomic mass is 32.2. The van der Waals surface area contributed by atoms with Crippen LogP contribution in [0.15, 0.2) is 20.9 Å². The van der Waals surface area contributed by atoms with Gasteiger partial charge in [-0.15, -0.1) is 23.5 Å². The fraction of sp³-hybridized carbons (Fsp3) is 0.222. The van der Waals surface area contributed by atoms with Gasteiger partial charge in [-0.3, -0.25) is 9.89 Å². The second kappa shape index (κ2) is 4.23. The molecule has 7 heteroatoms. The van der Waals surface area contributed by atoms with Gasteiger partial charge in [-0.1, -0.05) is 0 Å². The van der Waals surface area contributed by atoms with Crippen LogP contribution in [0.25, 0.3) is 5.65 Å². The smallest absolute Gasteiger partial charge is 0.273 e. The van der Waals surface area contributed by atoms with Crippen molar-refractivity contribution in [2.75, 3.05) is 12.5 Å². The lowest BCUT2D eigenvalue weighted by Crippen LogP contribution is -2.14. The van der Waals surface area contributed by atoms with Gasteiger partial charge in [0.2, 0.25) is 0 Å². The number of aromatic amines is 1. The van der Waals surface area contributed by atoms with Crippen molar-refractivity contribution in [2.45, 2.75) is 10.1 Å². The van der Waals surface area contributed by atoms with E-state index < -0.39 is 0 Å². The summed E-state index contributed by atoms with van der Waals surface area (Å²) in [6.07, 6.45) is 3.68. The van der Waals surface area contributed by atoms with Crippen molar-refractivity contribution >= 4 is 29.2 Å². The summed E-state index contributed by atoms with van der Waals surface area (Å²) >= 11 is 2.76. The standard InChI is InChI=1S/C9H8N4OS2/c1-15-6-3-7(14)13-8(11-6)5(4-10)9(12-13)16-2/h3,12H,1-2H3. The predicted octanol–water partition coefficient (Wildman–Crippen LogP) is 1.34. The summed E-state index contributed by atoms with van der Waals surface area (Å²) in [6.45, 7) is 0. The van der Waals surface area contributed by atoms with Gasteiger partial charge in [0, 0.05) is 6.07 Å². The molecule has 2 aromatic rings. The number of thioether (sulfide) groups is 2. The number of H-pyrrole nitrogens is 1. The number of hydrogen-bond acceptors (Lipinski definition) is 5. The predicted molar refractivity (Wildman–Crippen MR) is 64.1 cm³/mol. The van der Waals surface area contributed by atoms with Crippen molar-refractivity contribution in [3.8, 4) is 6.07 Å². The van der Waals surface area contributed by atoms with E-state index in [1.807, 2.05) is 12.5 Å².